The zero-order valence-corrected chi connectivity index (χ0v) is 8.89. The standard InChI is InChI=1S/C9H17NO2S/c1-13(11,12)10-5-4-9(7-10)6-8-2-3-8/h8-9H,2-7H2,1H3. The third kappa shape index (κ3) is 2.44. The van der Waals surface area contributed by atoms with Crippen molar-refractivity contribution in [1.82, 2.24) is 4.31 Å². The number of sulfonamides is 1. The van der Waals surface area contributed by atoms with Gasteiger partial charge in [0.05, 0.1) is 6.26 Å². The highest BCUT2D eigenvalue weighted by Crippen LogP contribution is 2.38. The second-order valence-corrected chi connectivity index (χ2v) is 6.44. The lowest BCUT2D eigenvalue weighted by Gasteiger charge is -2.12. The van der Waals surface area contributed by atoms with E-state index in [9.17, 15) is 8.42 Å². The van der Waals surface area contributed by atoms with E-state index in [0.29, 0.717) is 5.92 Å². The molecule has 1 unspecified atom stereocenters. The lowest BCUT2D eigenvalue weighted by atomic mass is 10.0. The molecule has 13 heavy (non-hydrogen) atoms. The van der Waals surface area contributed by atoms with Crippen LogP contribution in [-0.4, -0.2) is 32.1 Å². The average molecular weight is 203 g/mol. The molecular formula is C9H17NO2S. The van der Waals surface area contributed by atoms with Crippen molar-refractivity contribution in [3.8, 4) is 0 Å². The van der Waals surface area contributed by atoms with Crippen molar-refractivity contribution < 1.29 is 8.42 Å². The van der Waals surface area contributed by atoms with Crippen LogP contribution in [0.15, 0.2) is 0 Å². The summed E-state index contributed by atoms with van der Waals surface area (Å²) in [6, 6.07) is 0. The van der Waals surface area contributed by atoms with Gasteiger partial charge in [-0.05, 0) is 24.7 Å². The molecule has 3 nitrogen and oxygen atoms in total. The van der Waals surface area contributed by atoms with Gasteiger partial charge in [-0.2, -0.15) is 0 Å². The van der Waals surface area contributed by atoms with Gasteiger partial charge >= 0.3 is 0 Å². The summed E-state index contributed by atoms with van der Waals surface area (Å²) in [5.41, 5.74) is 0. The normalized spacial score (nSPS) is 31.0. The Morgan fingerprint density at radius 1 is 1.23 bits per heavy atom. The Bertz CT molecular complexity index is 282. The predicted octanol–water partition coefficient (Wildman–Crippen LogP) is 1.07. The summed E-state index contributed by atoms with van der Waals surface area (Å²) in [5, 5.41) is 0. The molecule has 0 aromatic rings. The molecule has 2 rings (SSSR count). The second-order valence-electron chi connectivity index (χ2n) is 4.45. The summed E-state index contributed by atoms with van der Waals surface area (Å²) in [7, 11) is -2.92. The maximum atomic E-state index is 11.2. The van der Waals surface area contributed by atoms with Crippen molar-refractivity contribution in [2.45, 2.75) is 25.7 Å². The molecule has 0 spiro atoms. The van der Waals surface area contributed by atoms with E-state index in [2.05, 4.69) is 0 Å². The van der Waals surface area contributed by atoms with E-state index in [0.717, 1.165) is 25.4 Å². The van der Waals surface area contributed by atoms with E-state index in [1.54, 1.807) is 4.31 Å². The Labute approximate surface area is 80.2 Å². The monoisotopic (exact) mass is 203 g/mol. The van der Waals surface area contributed by atoms with Crippen molar-refractivity contribution in [3.05, 3.63) is 0 Å². The van der Waals surface area contributed by atoms with Gasteiger partial charge in [-0.25, -0.2) is 12.7 Å². The highest BCUT2D eigenvalue weighted by molar-refractivity contribution is 7.88. The average Bonchev–Trinajstić information content (AvgIpc) is 2.63. The Kier molecular flexibility index (Phi) is 2.36. The Balaban J connectivity index is 1.86. The number of hydrogen-bond acceptors (Lipinski definition) is 2. The molecule has 2 fully saturated rings. The van der Waals surface area contributed by atoms with Gasteiger partial charge in [-0.3, -0.25) is 0 Å². The van der Waals surface area contributed by atoms with Crippen molar-refractivity contribution >= 4 is 10.0 Å². The molecule has 0 bridgehead atoms. The van der Waals surface area contributed by atoms with Gasteiger partial charge in [0.25, 0.3) is 0 Å². The van der Waals surface area contributed by atoms with Gasteiger partial charge in [-0.15, -0.1) is 0 Å². The van der Waals surface area contributed by atoms with Crippen LogP contribution >= 0.6 is 0 Å². The van der Waals surface area contributed by atoms with Gasteiger partial charge < -0.3 is 0 Å². The van der Waals surface area contributed by atoms with Crippen LogP contribution in [0.5, 0.6) is 0 Å². The summed E-state index contributed by atoms with van der Waals surface area (Å²) in [6.07, 6.45) is 6.38. The van der Waals surface area contributed by atoms with E-state index in [1.807, 2.05) is 0 Å². The first-order chi connectivity index (χ1) is 6.05. The topological polar surface area (TPSA) is 37.4 Å². The van der Waals surface area contributed by atoms with E-state index in [1.165, 1.54) is 25.5 Å². The summed E-state index contributed by atoms with van der Waals surface area (Å²) in [6.45, 7) is 1.52. The maximum absolute atomic E-state index is 11.2. The molecular weight excluding hydrogens is 186 g/mol. The Morgan fingerprint density at radius 2 is 1.92 bits per heavy atom. The molecule has 0 N–H and O–H groups in total. The van der Waals surface area contributed by atoms with E-state index < -0.39 is 10.0 Å². The molecule has 0 radical (unpaired) electrons. The molecule has 1 aliphatic carbocycles. The summed E-state index contributed by atoms with van der Waals surface area (Å²) in [4.78, 5) is 0. The van der Waals surface area contributed by atoms with Crippen LogP contribution in [-0.2, 0) is 10.0 Å². The predicted molar refractivity (Wildman–Crippen MR) is 51.9 cm³/mol. The fourth-order valence-corrected chi connectivity index (χ4v) is 3.03. The fourth-order valence-electron chi connectivity index (χ4n) is 2.12. The van der Waals surface area contributed by atoms with Gasteiger partial charge in [0.1, 0.15) is 0 Å². The van der Waals surface area contributed by atoms with Crippen LogP contribution in [0.2, 0.25) is 0 Å². The lowest BCUT2D eigenvalue weighted by molar-refractivity contribution is 0.438. The number of rotatable bonds is 3. The Hall–Kier alpha value is -0.0900. The minimum Gasteiger partial charge on any atom is -0.213 e. The fraction of sp³-hybridized carbons (Fsp3) is 1.00. The van der Waals surface area contributed by atoms with Crippen LogP contribution in [0.3, 0.4) is 0 Å². The smallest absolute Gasteiger partial charge is 0.211 e. The maximum Gasteiger partial charge on any atom is 0.211 e. The zero-order chi connectivity index (χ0) is 9.47. The Morgan fingerprint density at radius 3 is 2.38 bits per heavy atom. The first-order valence-corrected chi connectivity index (χ1v) is 6.85. The van der Waals surface area contributed by atoms with E-state index in [4.69, 9.17) is 0 Å². The van der Waals surface area contributed by atoms with Crippen molar-refractivity contribution in [2.75, 3.05) is 19.3 Å². The van der Waals surface area contributed by atoms with Crippen LogP contribution in [0.1, 0.15) is 25.7 Å². The van der Waals surface area contributed by atoms with Crippen molar-refractivity contribution in [1.29, 1.82) is 0 Å². The summed E-state index contributed by atoms with van der Waals surface area (Å²) in [5.74, 6) is 1.56. The van der Waals surface area contributed by atoms with Crippen molar-refractivity contribution in [2.24, 2.45) is 11.8 Å². The van der Waals surface area contributed by atoms with Gasteiger partial charge in [0, 0.05) is 13.1 Å². The number of hydrogen-bond donors (Lipinski definition) is 0. The van der Waals surface area contributed by atoms with Crippen LogP contribution in [0, 0.1) is 11.8 Å². The minimum atomic E-state index is -2.92. The van der Waals surface area contributed by atoms with Crippen LogP contribution in [0.25, 0.3) is 0 Å². The highest BCUT2D eigenvalue weighted by Gasteiger charge is 2.32. The van der Waals surface area contributed by atoms with E-state index >= 15 is 0 Å². The lowest BCUT2D eigenvalue weighted by Crippen LogP contribution is -2.27. The third-order valence-corrected chi connectivity index (χ3v) is 4.35. The molecule has 76 valence electrons. The molecule has 2 aliphatic rings. The molecule has 1 heterocycles. The third-order valence-electron chi connectivity index (χ3n) is 3.08. The molecule has 4 heteroatoms. The van der Waals surface area contributed by atoms with Gasteiger partial charge in [0.2, 0.25) is 10.0 Å². The SMILES string of the molecule is CS(=O)(=O)N1CCC(CC2CC2)C1. The first-order valence-electron chi connectivity index (χ1n) is 5.01. The molecule has 0 aromatic carbocycles. The number of nitrogens with zero attached hydrogens (tertiary/aromatic N) is 1. The van der Waals surface area contributed by atoms with Crippen LogP contribution < -0.4 is 0 Å². The first kappa shape index (κ1) is 9.46. The molecule has 1 atom stereocenters. The van der Waals surface area contributed by atoms with E-state index in [-0.39, 0.29) is 0 Å². The summed E-state index contributed by atoms with van der Waals surface area (Å²) >= 11 is 0. The molecule has 0 aromatic heterocycles. The molecule has 0 amide bonds. The van der Waals surface area contributed by atoms with Crippen molar-refractivity contribution in [3.63, 3.8) is 0 Å². The second kappa shape index (κ2) is 3.24. The minimum absolute atomic E-state index is 0.641. The van der Waals surface area contributed by atoms with Gasteiger partial charge in [-0.1, -0.05) is 12.8 Å². The molecule has 1 saturated heterocycles. The quantitative estimate of drug-likeness (QED) is 0.688. The highest BCUT2D eigenvalue weighted by atomic mass is 32.2. The largest absolute Gasteiger partial charge is 0.213 e. The molecule has 1 aliphatic heterocycles. The zero-order valence-electron chi connectivity index (χ0n) is 8.07. The summed E-state index contributed by atoms with van der Waals surface area (Å²) < 4.78 is 24.0. The van der Waals surface area contributed by atoms with Crippen LogP contribution in [0.4, 0.5) is 0 Å². The molecule has 1 saturated carbocycles. The van der Waals surface area contributed by atoms with Gasteiger partial charge in [0.15, 0.2) is 0 Å².